The molecule has 0 saturated carbocycles. The van der Waals surface area contributed by atoms with Crippen LogP contribution in [0.15, 0.2) is 29.4 Å². The third-order valence-electron chi connectivity index (χ3n) is 3.04. The van der Waals surface area contributed by atoms with Crippen LogP contribution in [-0.4, -0.2) is 43.2 Å². The number of anilines is 1. The van der Waals surface area contributed by atoms with Gasteiger partial charge in [-0.05, 0) is 24.8 Å². The number of benzene rings is 1. The Morgan fingerprint density at radius 3 is 2.92 bits per heavy atom. The summed E-state index contributed by atoms with van der Waals surface area (Å²) in [6.45, 7) is 0.640. The van der Waals surface area contributed by atoms with Gasteiger partial charge in [-0.15, -0.1) is 15.3 Å². The van der Waals surface area contributed by atoms with Crippen LogP contribution in [0.1, 0.15) is 6.42 Å². The van der Waals surface area contributed by atoms with E-state index < -0.39 is 0 Å². The lowest BCUT2D eigenvalue weighted by atomic mass is 10.2. The van der Waals surface area contributed by atoms with Crippen molar-refractivity contribution in [3.8, 4) is 21.5 Å². The zero-order chi connectivity index (χ0) is 16.9. The Morgan fingerprint density at radius 1 is 1.33 bits per heavy atom. The van der Waals surface area contributed by atoms with Gasteiger partial charge in [0, 0.05) is 5.33 Å². The maximum absolute atomic E-state index is 5.89. The smallest absolute Gasteiger partial charge is 0.236 e. The van der Waals surface area contributed by atoms with Crippen molar-refractivity contribution < 1.29 is 4.74 Å². The van der Waals surface area contributed by atoms with Crippen LogP contribution in [0.5, 0.6) is 5.75 Å². The lowest BCUT2D eigenvalue weighted by Crippen LogP contribution is -2.01. The van der Waals surface area contributed by atoms with Gasteiger partial charge < -0.3 is 10.5 Å². The minimum atomic E-state index is 0.295. The third-order valence-corrected chi connectivity index (χ3v) is 5.07. The van der Waals surface area contributed by atoms with Crippen molar-refractivity contribution in [3.05, 3.63) is 24.3 Å². The normalized spacial score (nSPS) is 10.9. The number of para-hydroxylation sites is 1. The molecule has 0 aliphatic heterocycles. The number of hydrogen-bond acceptors (Lipinski definition) is 8. The van der Waals surface area contributed by atoms with Crippen molar-refractivity contribution >= 4 is 45.0 Å². The molecule has 2 aromatic heterocycles. The van der Waals surface area contributed by atoms with E-state index in [9.17, 15) is 0 Å². The molecule has 0 unspecified atom stereocenters. The minimum Gasteiger partial charge on any atom is -0.493 e. The molecule has 0 aliphatic carbocycles. The quantitative estimate of drug-likeness (QED) is 0.352. The molecule has 7 nitrogen and oxygen atoms in total. The van der Waals surface area contributed by atoms with Gasteiger partial charge in [-0.3, -0.25) is 0 Å². The molecule has 0 amide bonds. The van der Waals surface area contributed by atoms with Gasteiger partial charge in [-0.1, -0.05) is 51.2 Å². The lowest BCUT2D eigenvalue weighted by molar-refractivity contribution is 0.320. The van der Waals surface area contributed by atoms with Crippen LogP contribution < -0.4 is 10.5 Å². The Labute approximate surface area is 155 Å². The van der Waals surface area contributed by atoms with Crippen LogP contribution in [0.25, 0.3) is 15.7 Å². The number of thioether (sulfide) groups is 1. The first-order valence-electron chi connectivity index (χ1n) is 7.11. The topological polar surface area (TPSA) is 91.7 Å². The second-order valence-electron chi connectivity index (χ2n) is 4.65. The Kier molecular flexibility index (Phi) is 5.69. The van der Waals surface area contributed by atoms with E-state index in [1.807, 2.05) is 30.5 Å². The van der Waals surface area contributed by atoms with Crippen molar-refractivity contribution in [1.29, 1.82) is 0 Å². The summed E-state index contributed by atoms with van der Waals surface area (Å²) in [4.78, 5) is 4.16. The zero-order valence-corrected chi connectivity index (χ0v) is 16.1. The van der Waals surface area contributed by atoms with Gasteiger partial charge in [0.1, 0.15) is 5.75 Å². The van der Waals surface area contributed by atoms with Gasteiger partial charge in [-0.25, -0.2) is 0 Å². The molecule has 0 atom stereocenters. The molecule has 1 aromatic carbocycles. The van der Waals surface area contributed by atoms with Crippen LogP contribution in [0, 0.1) is 0 Å². The van der Waals surface area contributed by atoms with E-state index in [0.29, 0.717) is 22.8 Å². The van der Waals surface area contributed by atoms with Crippen molar-refractivity contribution in [2.75, 3.05) is 23.9 Å². The summed E-state index contributed by atoms with van der Waals surface area (Å²) in [7, 11) is 0. The largest absolute Gasteiger partial charge is 0.493 e. The number of nitrogens with zero attached hydrogens (tertiary/aromatic N) is 5. The van der Waals surface area contributed by atoms with Gasteiger partial charge in [0.2, 0.25) is 16.2 Å². The fourth-order valence-corrected chi connectivity index (χ4v) is 3.36. The standard InChI is InChI=1S/C14H15BrN6OS2/c1-23-13-17-12(16)21(20-13)14-19-18-11(24-14)9-5-2-3-6-10(9)22-8-4-7-15/h2-3,5-6H,4,7-8H2,1H3,(H2,16,17,20). The molecule has 24 heavy (non-hydrogen) atoms. The van der Waals surface area contributed by atoms with Crippen molar-refractivity contribution in [3.63, 3.8) is 0 Å². The highest BCUT2D eigenvalue weighted by atomic mass is 79.9. The van der Waals surface area contributed by atoms with E-state index in [1.165, 1.54) is 27.8 Å². The summed E-state index contributed by atoms with van der Waals surface area (Å²) in [5, 5.41) is 15.6. The molecule has 0 saturated heterocycles. The Hall–Kier alpha value is -1.65. The van der Waals surface area contributed by atoms with Crippen LogP contribution in [0.3, 0.4) is 0 Å². The second-order valence-corrected chi connectivity index (χ2v) is 7.17. The van der Waals surface area contributed by atoms with E-state index in [0.717, 1.165) is 28.1 Å². The highest BCUT2D eigenvalue weighted by Crippen LogP contribution is 2.33. The maximum atomic E-state index is 5.89. The van der Waals surface area contributed by atoms with Gasteiger partial charge >= 0.3 is 0 Å². The first kappa shape index (κ1) is 17.2. The lowest BCUT2D eigenvalue weighted by Gasteiger charge is -2.08. The highest BCUT2D eigenvalue weighted by molar-refractivity contribution is 9.09. The summed E-state index contributed by atoms with van der Waals surface area (Å²) in [5.41, 5.74) is 6.80. The number of halogens is 1. The number of hydrogen-bond donors (Lipinski definition) is 1. The zero-order valence-electron chi connectivity index (χ0n) is 12.8. The Morgan fingerprint density at radius 2 is 2.17 bits per heavy atom. The number of ether oxygens (including phenoxy) is 1. The van der Waals surface area contributed by atoms with Crippen LogP contribution in [0.2, 0.25) is 0 Å². The maximum Gasteiger partial charge on any atom is 0.236 e. The molecule has 0 spiro atoms. The monoisotopic (exact) mass is 426 g/mol. The molecule has 2 N–H and O–H groups in total. The first-order valence-corrected chi connectivity index (χ1v) is 10.3. The minimum absolute atomic E-state index is 0.295. The summed E-state index contributed by atoms with van der Waals surface area (Å²) < 4.78 is 7.34. The predicted octanol–water partition coefficient (Wildman–Crippen LogP) is 3.25. The number of alkyl halides is 1. The average molecular weight is 427 g/mol. The summed E-state index contributed by atoms with van der Waals surface area (Å²) in [6, 6.07) is 7.78. The van der Waals surface area contributed by atoms with Crippen LogP contribution in [0.4, 0.5) is 5.95 Å². The average Bonchev–Trinajstić information content (AvgIpc) is 3.22. The molecule has 126 valence electrons. The number of rotatable bonds is 7. The summed E-state index contributed by atoms with van der Waals surface area (Å²) in [6.07, 6.45) is 2.83. The predicted molar refractivity (Wildman–Crippen MR) is 100 cm³/mol. The van der Waals surface area contributed by atoms with Gasteiger partial charge in [-0.2, -0.15) is 9.67 Å². The molecular formula is C14H15BrN6OS2. The van der Waals surface area contributed by atoms with Crippen molar-refractivity contribution in [2.45, 2.75) is 11.6 Å². The molecule has 10 heteroatoms. The highest BCUT2D eigenvalue weighted by Gasteiger charge is 2.16. The van der Waals surface area contributed by atoms with E-state index in [4.69, 9.17) is 10.5 Å². The Balaban J connectivity index is 1.89. The van der Waals surface area contributed by atoms with Gasteiger partial charge in [0.25, 0.3) is 0 Å². The SMILES string of the molecule is CSc1nc(N)n(-c2nnc(-c3ccccc3OCCCBr)s2)n1. The second kappa shape index (κ2) is 7.95. The van der Waals surface area contributed by atoms with Crippen molar-refractivity contribution in [1.82, 2.24) is 25.0 Å². The number of nitrogen functional groups attached to an aromatic ring is 1. The van der Waals surface area contributed by atoms with E-state index in [-0.39, 0.29) is 0 Å². The molecule has 0 radical (unpaired) electrons. The van der Waals surface area contributed by atoms with Crippen molar-refractivity contribution in [2.24, 2.45) is 0 Å². The molecule has 0 fully saturated rings. The van der Waals surface area contributed by atoms with E-state index in [2.05, 4.69) is 36.2 Å². The first-order chi connectivity index (χ1) is 11.7. The molecular weight excluding hydrogens is 412 g/mol. The van der Waals surface area contributed by atoms with Crippen LogP contribution in [-0.2, 0) is 0 Å². The van der Waals surface area contributed by atoms with E-state index >= 15 is 0 Å². The summed E-state index contributed by atoms with van der Waals surface area (Å²) >= 11 is 6.22. The van der Waals surface area contributed by atoms with E-state index in [1.54, 1.807) is 0 Å². The fraction of sp³-hybridized carbons (Fsp3) is 0.286. The molecule has 0 aliphatic rings. The molecule has 2 heterocycles. The Bertz CT molecular complexity index is 821. The number of aromatic nitrogens is 5. The van der Waals surface area contributed by atoms with Crippen LogP contribution >= 0.6 is 39.0 Å². The third kappa shape index (κ3) is 3.70. The molecule has 3 rings (SSSR count). The fourth-order valence-electron chi connectivity index (χ4n) is 1.95. The number of nitrogens with two attached hydrogens (primary N) is 1. The summed E-state index contributed by atoms with van der Waals surface area (Å²) in [5.74, 6) is 1.08. The molecule has 0 bridgehead atoms. The molecule has 3 aromatic rings. The van der Waals surface area contributed by atoms with Gasteiger partial charge in [0.05, 0.1) is 12.2 Å². The van der Waals surface area contributed by atoms with Gasteiger partial charge in [0.15, 0.2) is 5.01 Å².